The molecule has 0 bridgehead atoms. The fraction of sp³-hybridized carbons (Fsp3) is 0.100. The Balaban J connectivity index is 1.71. The quantitative estimate of drug-likeness (QED) is 0.452. The summed E-state index contributed by atoms with van der Waals surface area (Å²) < 4.78 is 60.8. The van der Waals surface area contributed by atoms with Crippen molar-refractivity contribution < 1.29 is 21.9 Å². The summed E-state index contributed by atoms with van der Waals surface area (Å²) in [4.78, 5) is 7.72. The lowest BCUT2D eigenvalue weighted by Crippen LogP contribution is -2.10. The minimum atomic E-state index is -3.89. The van der Waals surface area contributed by atoms with Gasteiger partial charge >= 0.3 is 0 Å². The van der Waals surface area contributed by atoms with Crippen LogP contribution in [0.5, 0.6) is 5.75 Å². The van der Waals surface area contributed by atoms with Gasteiger partial charge in [-0.2, -0.15) is 0 Å². The molecule has 0 fully saturated rings. The Bertz CT molecular complexity index is 1340. The van der Waals surface area contributed by atoms with Crippen molar-refractivity contribution >= 4 is 9.84 Å². The van der Waals surface area contributed by atoms with Gasteiger partial charge in [-0.25, -0.2) is 21.9 Å². The summed E-state index contributed by atoms with van der Waals surface area (Å²) in [6.07, 6.45) is 6.91. The third-order valence-corrected chi connectivity index (χ3v) is 6.10. The molecule has 4 rings (SSSR count). The molecule has 0 aliphatic heterocycles. The Hall–Kier alpha value is -3.73. The maximum absolute atomic E-state index is 15.2. The van der Waals surface area contributed by atoms with Crippen molar-refractivity contribution in [3.05, 3.63) is 78.5 Å². The predicted octanol–water partition coefficient (Wildman–Crippen LogP) is 2.99. The number of pyridine rings is 2. The van der Waals surface area contributed by atoms with Gasteiger partial charge in [-0.3, -0.25) is 9.97 Å². The SMILES string of the molecule is COc1cncc(-c2cn(-c3c(F)ccc(CS(=O)(=O)c4cccnc4)c3F)nn2)c1. The van der Waals surface area contributed by atoms with Crippen molar-refractivity contribution in [3.63, 3.8) is 0 Å². The number of halogens is 2. The van der Waals surface area contributed by atoms with Gasteiger partial charge in [0.1, 0.15) is 17.1 Å². The number of aromatic nitrogens is 5. The van der Waals surface area contributed by atoms with Gasteiger partial charge in [-0.15, -0.1) is 5.10 Å². The molecule has 4 aromatic rings. The summed E-state index contributed by atoms with van der Waals surface area (Å²) in [7, 11) is -2.41. The zero-order valence-corrected chi connectivity index (χ0v) is 16.9. The van der Waals surface area contributed by atoms with Crippen LogP contribution < -0.4 is 4.74 Å². The van der Waals surface area contributed by atoms with E-state index in [9.17, 15) is 12.8 Å². The molecular formula is C20H15F2N5O3S. The first kappa shape index (κ1) is 20.5. The van der Waals surface area contributed by atoms with E-state index >= 15 is 4.39 Å². The maximum atomic E-state index is 15.2. The van der Waals surface area contributed by atoms with Gasteiger partial charge in [-0.05, 0) is 24.3 Å². The Labute approximate surface area is 176 Å². The molecule has 3 aromatic heterocycles. The number of rotatable bonds is 6. The van der Waals surface area contributed by atoms with E-state index in [4.69, 9.17) is 4.74 Å². The third kappa shape index (κ3) is 4.12. The van der Waals surface area contributed by atoms with Crippen molar-refractivity contribution in [1.29, 1.82) is 0 Å². The van der Waals surface area contributed by atoms with Crippen molar-refractivity contribution in [2.24, 2.45) is 0 Å². The largest absolute Gasteiger partial charge is 0.495 e. The van der Waals surface area contributed by atoms with E-state index in [0.29, 0.717) is 17.0 Å². The molecule has 0 unspecified atom stereocenters. The molecule has 0 amide bonds. The van der Waals surface area contributed by atoms with Gasteiger partial charge in [0, 0.05) is 29.7 Å². The van der Waals surface area contributed by atoms with E-state index in [1.807, 2.05) is 0 Å². The lowest BCUT2D eigenvalue weighted by Gasteiger charge is -2.10. The molecule has 8 nitrogen and oxygen atoms in total. The van der Waals surface area contributed by atoms with E-state index in [1.165, 1.54) is 50.2 Å². The second-order valence-electron chi connectivity index (χ2n) is 6.48. The zero-order chi connectivity index (χ0) is 22.0. The lowest BCUT2D eigenvalue weighted by molar-refractivity contribution is 0.413. The lowest BCUT2D eigenvalue weighted by atomic mass is 10.2. The standard InChI is InChI=1S/C20H15F2N5O3S/c1-30-15-7-14(8-24-9-15)18-11-27(26-25-18)20-17(21)5-4-13(19(20)22)12-31(28,29)16-3-2-6-23-10-16/h2-11H,12H2,1H3. The van der Waals surface area contributed by atoms with Crippen LogP contribution in [-0.2, 0) is 15.6 Å². The van der Waals surface area contributed by atoms with E-state index in [2.05, 4.69) is 20.3 Å². The highest BCUT2D eigenvalue weighted by Gasteiger charge is 2.23. The van der Waals surface area contributed by atoms with Gasteiger partial charge in [0.2, 0.25) is 0 Å². The molecule has 0 atom stereocenters. The Morgan fingerprint density at radius 1 is 1.10 bits per heavy atom. The summed E-state index contributed by atoms with van der Waals surface area (Å²) >= 11 is 0. The second kappa shape index (κ2) is 8.19. The molecule has 0 saturated carbocycles. The van der Waals surface area contributed by atoms with Crippen molar-refractivity contribution in [1.82, 2.24) is 25.0 Å². The number of hydrogen-bond acceptors (Lipinski definition) is 7. The Morgan fingerprint density at radius 3 is 2.68 bits per heavy atom. The predicted molar refractivity (Wildman–Crippen MR) is 106 cm³/mol. The molecule has 0 spiro atoms. The van der Waals surface area contributed by atoms with E-state index in [-0.39, 0.29) is 10.5 Å². The first-order valence-electron chi connectivity index (χ1n) is 8.91. The molecule has 31 heavy (non-hydrogen) atoms. The van der Waals surface area contributed by atoms with E-state index < -0.39 is 32.9 Å². The molecule has 11 heteroatoms. The molecule has 1 aromatic carbocycles. The molecule has 3 heterocycles. The summed E-state index contributed by atoms with van der Waals surface area (Å²) in [5, 5.41) is 7.72. The number of ether oxygens (including phenoxy) is 1. The average Bonchev–Trinajstić information content (AvgIpc) is 3.26. The topological polar surface area (TPSA) is 99.9 Å². The van der Waals surface area contributed by atoms with Crippen LogP contribution in [0.2, 0.25) is 0 Å². The van der Waals surface area contributed by atoms with E-state index in [0.717, 1.165) is 16.8 Å². The van der Waals surface area contributed by atoms with Crippen molar-refractivity contribution in [2.75, 3.05) is 7.11 Å². The van der Waals surface area contributed by atoms with Crippen molar-refractivity contribution in [2.45, 2.75) is 10.6 Å². The van der Waals surface area contributed by atoms with Gasteiger partial charge in [0.15, 0.2) is 21.5 Å². The average molecular weight is 443 g/mol. The fourth-order valence-electron chi connectivity index (χ4n) is 2.90. The molecule has 0 saturated heterocycles. The summed E-state index contributed by atoms with van der Waals surface area (Å²) in [6, 6.07) is 6.54. The highest BCUT2D eigenvalue weighted by Crippen LogP contribution is 2.26. The van der Waals surface area contributed by atoms with Crippen LogP contribution >= 0.6 is 0 Å². The molecule has 0 aliphatic rings. The molecular weight excluding hydrogens is 428 g/mol. The van der Waals surface area contributed by atoms with Crippen molar-refractivity contribution in [3.8, 4) is 22.7 Å². The highest BCUT2D eigenvalue weighted by atomic mass is 32.2. The van der Waals surface area contributed by atoms with Crippen LogP contribution in [-0.4, -0.2) is 40.5 Å². The van der Waals surface area contributed by atoms with Gasteiger partial charge in [-0.1, -0.05) is 11.3 Å². The van der Waals surface area contributed by atoms with E-state index in [1.54, 1.807) is 6.07 Å². The van der Waals surface area contributed by atoms with Crippen LogP contribution in [0.1, 0.15) is 5.56 Å². The first-order valence-corrected chi connectivity index (χ1v) is 10.6. The normalized spacial score (nSPS) is 11.5. The highest BCUT2D eigenvalue weighted by molar-refractivity contribution is 7.90. The number of nitrogens with zero attached hydrogens (tertiary/aromatic N) is 5. The minimum absolute atomic E-state index is 0.0613. The molecule has 0 aliphatic carbocycles. The zero-order valence-electron chi connectivity index (χ0n) is 16.1. The van der Waals surface area contributed by atoms with Crippen LogP contribution in [0.4, 0.5) is 8.78 Å². The van der Waals surface area contributed by atoms with Crippen LogP contribution in [0.3, 0.4) is 0 Å². The third-order valence-electron chi connectivity index (χ3n) is 4.45. The molecule has 158 valence electrons. The monoisotopic (exact) mass is 443 g/mol. The summed E-state index contributed by atoms with van der Waals surface area (Å²) in [6.45, 7) is 0. The van der Waals surface area contributed by atoms with Gasteiger partial charge in [0.05, 0.1) is 30.2 Å². The molecule has 0 N–H and O–H groups in total. The Morgan fingerprint density at radius 2 is 1.94 bits per heavy atom. The number of methoxy groups -OCH3 is 1. The maximum Gasteiger partial charge on any atom is 0.184 e. The van der Waals surface area contributed by atoms with Crippen LogP contribution in [0, 0.1) is 11.6 Å². The van der Waals surface area contributed by atoms with Gasteiger partial charge in [0.25, 0.3) is 0 Å². The minimum Gasteiger partial charge on any atom is -0.495 e. The number of benzene rings is 1. The van der Waals surface area contributed by atoms with Crippen LogP contribution in [0.15, 0.2) is 66.2 Å². The number of sulfone groups is 1. The smallest absolute Gasteiger partial charge is 0.184 e. The summed E-state index contributed by atoms with van der Waals surface area (Å²) in [5.74, 6) is -2.15. The first-order chi connectivity index (χ1) is 14.9. The summed E-state index contributed by atoms with van der Waals surface area (Å²) in [5.41, 5.74) is 0.0918. The fourth-order valence-corrected chi connectivity index (χ4v) is 4.21. The van der Waals surface area contributed by atoms with Crippen LogP contribution in [0.25, 0.3) is 16.9 Å². The number of hydrogen-bond donors (Lipinski definition) is 0. The molecule has 0 radical (unpaired) electrons. The van der Waals surface area contributed by atoms with Gasteiger partial charge < -0.3 is 4.74 Å². The Kier molecular flexibility index (Phi) is 5.42. The second-order valence-corrected chi connectivity index (χ2v) is 8.47.